The molecule has 1 fully saturated rings. The van der Waals surface area contributed by atoms with Crippen molar-refractivity contribution in [3.63, 3.8) is 0 Å². The minimum absolute atomic E-state index is 0.0140. The van der Waals surface area contributed by atoms with Crippen molar-refractivity contribution in [3.05, 3.63) is 28.5 Å². The maximum absolute atomic E-state index is 12.0. The van der Waals surface area contributed by atoms with E-state index in [1.807, 2.05) is 6.07 Å². The van der Waals surface area contributed by atoms with Crippen LogP contribution in [-0.2, 0) is 11.2 Å². The Hall–Kier alpha value is -1.63. The fourth-order valence-corrected chi connectivity index (χ4v) is 2.16. The third-order valence-electron chi connectivity index (χ3n) is 3.02. The molecule has 0 radical (unpaired) electrons. The van der Waals surface area contributed by atoms with E-state index in [1.165, 1.54) is 4.90 Å². The topological polar surface area (TPSA) is 73.7 Å². The van der Waals surface area contributed by atoms with Gasteiger partial charge < -0.3 is 14.9 Å². The van der Waals surface area contributed by atoms with Gasteiger partial charge in [-0.2, -0.15) is 0 Å². The van der Waals surface area contributed by atoms with Crippen molar-refractivity contribution in [1.82, 2.24) is 14.8 Å². The molecule has 1 saturated heterocycles. The van der Waals surface area contributed by atoms with Crippen LogP contribution in [-0.4, -0.2) is 58.1 Å². The van der Waals surface area contributed by atoms with E-state index in [1.54, 1.807) is 17.2 Å². The van der Waals surface area contributed by atoms with Gasteiger partial charge in [0.15, 0.2) is 0 Å². The van der Waals surface area contributed by atoms with Gasteiger partial charge in [0.25, 0.3) is 0 Å². The molecule has 0 unspecified atom stereocenters. The first-order valence-corrected chi connectivity index (χ1v) is 6.71. The number of pyridine rings is 1. The molecule has 0 spiro atoms. The van der Waals surface area contributed by atoms with E-state index in [4.69, 9.17) is 5.11 Å². The van der Waals surface area contributed by atoms with E-state index >= 15 is 0 Å². The maximum atomic E-state index is 12.0. The number of hydrogen-bond acceptors (Lipinski definition) is 3. The van der Waals surface area contributed by atoms with E-state index in [9.17, 15) is 9.59 Å². The summed E-state index contributed by atoms with van der Waals surface area (Å²) in [4.78, 5) is 30.0. The summed E-state index contributed by atoms with van der Waals surface area (Å²) in [5.41, 5.74) is 0.717. The molecular weight excluding hydrogens is 314 g/mol. The van der Waals surface area contributed by atoms with E-state index in [0.29, 0.717) is 31.9 Å². The monoisotopic (exact) mass is 327 g/mol. The number of amides is 2. The van der Waals surface area contributed by atoms with Crippen LogP contribution in [0.1, 0.15) is 5.69 Å². The van der Waals surface area contributed by atoms with Gasteiger partial charge in [-0.1, -0.05) is 0 Å². The molecular formula is C12H14BrN3O3. The number of piperazine rings is 1. The minimum Gasteiger partial charge on any atom is -0.465 e. The molecule has 0 bridgehead atoms. The average Bonchev–Trinajstić information content (AvgIpc) is 2.41. The Labute approximate surface area is 119 Å². The zero-order valence-electron chi connectivity index (χ0n) is 10.3. The Bertz CT molecular complexity index is 470. The predicted octanol–water partition coefficient (Wildman–Crippen LogP) is 1.21. The molecule has 0 aliphatic carbocycles. The Balaban J connectivity index is 1.88. The lowest BCUT2D eigenvalue weighted by molar-refractivity contribution is -0.132. The molecule has 1 aliphatic heterocycles. The molecule has 0 saturated carbocycles. The number of aromatic nitrogens is 1. The summed E-state index contributed by atoms with van der Waals surface area (Å²) in [5.74, 6) is -0.0140. The second-order valence-electron chi connectivity index (χ2n) is 4.29. The van der Waals surface area contributed by atoms with Crippen LogP contribution in [0.3, 0.4) is 0 Å². The maximum Gasteiger partial charge on any atom is 0.407 e. The zero-order chi connectivity index (χ0) is 13.8. The Morgan fingerprint density at radius 2 is 1.84 bits per heavy atom. The van der Waals surface area contributed by atoms with Crippen LogP contribution in [0.2, 0.25) is 0 Å². The zero-order valence-corrected chi connectivity index (χ0v) is 11.8. The fraction of sp³-hybridized carbons (Fsp3) is 0.417. The first-order valence-electron chi connectivity index (χ1n) is 5.92. The highest BCUT2D eigenvalue weighted by Crippen LogP contribution is 2.09. The average molecular weight is 328 g/mol. The summed E-state index contributed by atoms with van der Waals surface area (Å²) >= 11 is 3.29. The smallest absolute Gasteiger partial charge is 0.407 e. The molecule has 0 atom stereocenters. The standard InChI is InChI=1S/C12H14BrN3O3/c13-9-1-2-10(14-8-9)7-11(17)15-3-5-16(6-4-15)12(18)19/h1-2,8H,3-7H2,(H,18,19). The van der Waals surface area contributed by atoms with E-state index in [2.05, 4.69) is 20.9 Å². The summed E-state index contributed by atoms with van der Waals surface area (Å²) in [6.45, 7) is 1.63. The van der Waals surface area contributed by atoms with Gasteiger partial charge in [-0.15, -0.1) is 0 Å². The predicted molar refractivity (Wildman–Crippen MR) is 71.8 cm³/mol. The van der Waals surface area contributed by atoms with Crippen molar-refractivity contribution in [3.8, 4) is 0 Å². The summed E-state index contributed by atoms with van der Waals surface area (Å²) in [6, 6.07) is 3.65. The van der Waals surface area contributed by atoms with Gasteiger partial charge in [0.2, 0.25) is 5.91 Å². The highest BCUT2D eigenvalue weighted by molar-refractivity contribution is 9.10. The Morgan fingerprint density at radius 3 is 2.37 bits per heavy atom. The molecule has 1 aromatic rings. The highest BCUT2D eigenvalue weighted by Gasteiger charge is 2.23. The SMILES string of the molecule is O=C(O)N1CCN(C(=O)Cc2ccc(Br)cn2)CC1. The van der Waals surface area contributed by atoms with Crippen molar-refractivity contribution >= 4 is 27.9 Å². The molecule has 2 amide bonds. The molecule has 0 aromatic carbocycles. The highest BCUT2D eigenvalue weighted by atomic mass is 79.9. The lowest BCUT2D eigenvalue weighted by atomic mass is 10.2. The molecule has 19 heavy (non-hydrogen) atoms. The van der Waals surface area contributed by atoms with Crippen LogP contribution < -0.4 is 0 Å². The molecule has 1 aliphatic rings. The molecule has 7 heteroatoms. The number of hydrogen-bond donors (Lipinski definition) is 1. The third-order valence-corrected chi connectivity index (χ3v) is 3.49. The van der Waals surface area contributed by atoms with Crippen LogP contribution in [0, 0.1) is 0 Å². The number of halogens is 1. The van der Waals surface area contributed by atoms with Gasteiger partial charge in [-0.25, -0.2) is 4.79 Å². The summed E-state index contributed by atoms with van der Waals surface area (Å²) in [5, 5.41) is 8.83. The Kier molecular flexibility index (Phi) is 4.36. The van der Waals surface area contributed by atoms with E-state index in [-0.39, 0.29) is 12.3 Å². The molecule has 1 aromatic heterocycles. The molecule has 6 nitrogen and oxygen atoms in total. The number of carbonyl (C=O) groups excluding carboxylic acids is 1. The van der Waals surface area contributed by atoms with E-state index < -0.39 is 6.09 Å². The van der Waals surface area contributed by atoms with Crippen LogP contribution in [0.5, 0.6) is 0 Å². The van der Waals surface area contributed by atoms with Gasteiger partial charge in [0.1, 0.15) is 0 Å². The lowest BCUT2D eigenvalue weighted by Crippen LogP contribution is -2.50. The number of carbonyl (C=O) groups is 2. The summed E-state index contributed by atoms with van der Waals surface area (Å²) < 4.78 is 0.874. The molecule has 2 rings (SSSR count). The number of carboxylic acid groups (broad SMARTS) is 1. The third kappa shape index (κ3) is 3.66. The Morgan fingerprint density at radius 1 is 1.21 bits per heavy atom. The second kappa shape index (κ2) is 6.01. The van der Waals surface area contributed by atoms with Crippen LogP contribution >= 0.6 is 15.9 Å². The quantitative estimate of drug-likeness (QED) is 0.886. The lowest BCUT2D eigenvalue weighted by Gasteiger charge is -2.33. The van der Waals surface area contributed by atoms with Gasteiger partial charge in [-0.05, 0) is 28.1 Å². The van der Waals surface area contributed by atoms with E-state index in [0.717, 1.165) is 4.47 Å². The number of rotatable bonds is 2. The first kappa shape index (κ1) is 13.8. The van der Waals surface area contributed by atoms with Gasteiger partial charge >= 0.3 is 6.09 Å². The van der Waals surface area contributed by atoms with Gasteiger partial charge in [-0.3, -0.25) is 9.78 Å². The number of nitrogens with zero attached hydrogens (tertiary/aromatic N) is 3. The molecule has 2 heterocycles. The minimum atomic E-state index is -0.929. The summed E-state index contributed by atoms with van der Waals surface area (Å²) in [7, 11) is 0. The van der Waals surface area contributed by atoms with Gasteiger partial charge in [0, 0.05) is 42.5 Å². The van der Waals surface area contributed by atoms with Crippen molar-refractivity contribution in [2.45, 2.75) is 6.42 Å². The van der Waals surface area contributed by atoms with Crippen molar-refractivity contribution in [2.75, 3.05) is 26.2 Å². The molecule has 102 valence electrons. The second-order valence-corrected chi connectivity index (χ2v) is 5.21. The van der Waals surface area contributed by atoms with Crippen molar-refractivity contribution in [2.24, 2.45) is 0 Å². The van der Waals surface area contributed by atoms with Crippen molar-refractivity contribution < 1.29 is 14.7 Å². The van der Waals surface area contributed by atoms with Crippen molar-refractivity contribution in [1.29, 1.82) is 0 Å². The van der Waals surface area contributed by atoms with Crippen LogP contribution in [0.15, 0.2) is 22.8 Å². The summed E-state index contributed by atoms with van der Waals surface area (Å²) in [6.07, 6.45) is 0.979. The van der Waals surface area contributed by atoms with Crippen LogP contribution in [0.4, 0.5) is 4.79 Å². The fourth-order valence-electron chi connectivity index (χ4n) is 1.92. The van der Waals surface area contributed by atoms with Crippen LogP contribution in [0.25, 0.3) is 0 Å². The molecule has 1 N–H and O–H groups in total. The first-order chi connectivity index (χ1) is 9.06. The normalized spacial score (nSPS) is 15.4. The largest absolute Gasteiger partial charge is 0.465 e. The van der Waals surface area contributed by atoms with Gasteiger partial charge in [0.05, 0.1) is 6.42 Å².